The van der Waals surface area contributed by atoms with Gasteiger partial charge in [0.25, 0.3) is 0 Å². The lowest BCUT2D eigenvalue weighted by Gasteiger charge is -2.19. The molecule has 0 saturated heterocycles. The Bertz CT molecular complexity index is 1510. The van der Waals surface area contributed by atoms with Gasteiger partial charge in [0.1, 0.15) is 6.61 Å². The van der Waals surface area contributed by atoms with Crippen molar-refractivity contribution in [1.29, 1.82) is 0 Å². The van der Waals surface area contributed by atoms with E-state index in [9.17, 15) is 19.0 Å². The molecule has 10 heteroatoms. The minimum atomic E-state index is -4.39. The van der Waals surface area contributed by atoms with E-state index in [2.05, 4.69) is 38.2 Å². The zero-order valence-corrected chi connectivity index (χ0v) is 60.6. The number of carbonyl (C=O) groups is 2. The van der Waals surface area contributed by atoms with Crippen LogP contribution in [0.25, 0.3) is 0 Å². The van der Waals surface area contributed by atoms with Crippen molar-refractivity contribution in [3.63, 3.8) is 0 Å². The number of hydrogen-bond donors (Lipinski definition) is 2. The Morgan fingerprint density at radius 3 is 0.854 bits per heavy atom. The molecule has 2 unspecified atom stereocenters. The first-order chi connectivity index (χ1) is 43.8. The van der Waals surface area contributed by atoms with Gasteiger partial charge in [0.05, 0.1) is 13.2 Å². The van der Waals surface area contributed by atoms with Crippen LogP contribution in [0.5, 0.6) is 0 Å². The van der Waals surface area contributed by atoms with E-state index in [1.807, 2.05) is 0 Å². The van der Waals surface area contributed by atoms with Gasteiger partial charge >= 0.3 is 19.8 Å². The van der Waals surface area contributed by atoms with Crippen LogP contribution in [0.4, 0.5) is 0 Å². The molecule has 3 N–H and O–H groups in total. The van der Waals surface area contributed by atoms with Crippen LogP contribution in [0.15, 0.2) is 24.3 Å². The SMILES string of the molecule is CCCCCCC/C=C\C/C=C\CCCCCCCCCCCCCCCCCCCCCCCCCCCCCC(=O)OC(COC(=O)CCCCCCCCCCCCCCCCCCCCCCCCCCCCCCC)COP(=O)(O)OCCN. The lowest BCUT2D eigenvalue weighted by atomic mass is 10.0. The number of phosphoric acid groups is 1. The standard InChI is InChI=1S/C79H154NO8P/c1-3-5-7-9-11-13-15-17-19-21-23-25-27-29-31-33-34-35-36-37-38-39-40-41-42-44-46-48-50-52-54-56-58-60-62-64-66-68-70-72-79(82)88-77(76-87-89(83,84)86-74-73-80)75-85-78(81)71-69-67-65-63-61-59-57-55-53-51-49-47-45-43-32-30-28-26-24-22-20-18-16-14-12-10-8-6-4-2/h15,17,21,23,77H,3-14,16,18-20,22,24-76,80H2,1-2H3,(H,83,84)/b17-15-,23-21-. The summed E-state index contributed by atoms with van der Waals surface area (Å²) in [5, 5.41) is 0. The predicted molar refractivity (Wildman–Crippen MR) is 386 cm³/mol. The predicted octanol–water partition coefficient (Wildman–Crippen LogP) is 26.4. The molecule has 0 rings (SSSR count). The van der Waals surface area contributed by atoms with Crippen LogP contribution >= 0.6 is 7.82 Å². The van der Waals surface area contributed by atoms with Gasteiger partial charge in [-0.1, -0.05) is 404 Å². The molecule has 89 heavy (non-hydrogen) atoms. The molecule has 0 aliphatic rings. The van der Waals surface area contributed by atoms with Crippen LogP contribution in [0.2, 0.25) is 0 Å². The van der Waals surface area contributed by atoms with Crippen molar-refractivity contribution in [3.05, 3.63) is 24.3 Å². The van der Waals surface area contributed by atoms with E-state index in [1.165, 1.54) is 366 Å². The van der Waals surface area contributed by atoms with Gasteiger partial charge in [-0.2, -0.15) is 0 Å². The maximum absolute atomic E-state index is 12.8. The Morgan fingerprint density at radius 2 is 0.584 bits per heavy atom. The van der Waals surface area contributed by atoms with Crippen molar-refractivity contribution >= 4 is 19.8 Å². The van der Waals surface area contributed by atoms with Gasteiger partial charge in [0.15, 0.2) is 6.10 Å². The fourth-order valence-corrected chi connectivity index (χ4v) is 13.2. The van der Waals surface area contributed by atoms with E-state index >= 15 is 0 Å². The average molecular weight is 1280 g/mol. The summed E-state index contributed by atoms with van der Waals surface area (Å²) in [6.07, 6.45) is 94.7. The first-order valence-corrected chi connectivity index (χ1v) is 41.3. The van der Waals surface area contributed by atoms with Gasteiger partial charge in [-0.25, -0.2) is 4.57 Å². The lowest BCUT2D eigenvalue weighted by Crippen LogP contribution is -2.29. The van der Waals surface area contributed by atoms with Crippen LogP contribution < -0.4 is 5.73 Å². The Balaban J connectivity index is 3.73. The minimum absolute atomic E-state index is 0.0578. The Morgan fingerprint density at radius 1 is 0.337 bits per heavy atom. The molecule has 0 aromatic heterocycles. The molecule has 9 nitrogen and oxygen atoms in total. The third kappa shape index (κ3) is 75.4. The number of unbranched alkanes of at least 4 members (excludes halogenated alkanes) is 60. The summed E-state index contributed by atoms with van der Waals surface area (Å²) in [6.45, 7) is 3.83. The number of ether oxygens (including phenoxy) is 2. The molecule has 0 bridgehead atoms. The summed E-state index contributed by atoms with van der Waals surface area (Å²) in [4.78, 5) is 35.4. The van der Waals surface area contributed by atoms with Crippen molar-refractivity contribution < 1.29 is 37.6 Å². The number of esters is 2. The molecule has 2 atom stereocenters. The van der Waals surface area contributed by atoms with Crippen molar-refractivity contribution in [2.75, 3.05) is 26.4 Å². The Hall–Kier alpha value is -1.51. The van der Waals surface area contributed by atoms with E-state index in [0.717, 1.165) is 38.5 Å². The first-order valence-electron chi connectivity index (χ1n) is 39.8. The maximum Gasteiger partial charge on any atom is 0.472 e. The van der Waals surface area contributed by atoms with E-state index in [-0.39, 0.29) is 38.6 Å². The summed E-state index contributed by atoms with van der Waals surface area (Å²) >= 11 is 0. The average Bonchev–Trinajstić information content (AvgIpc) is 3.68. The van der Waals surface area contributed by atoms with Crippen LogP contribution in [-0.2, 0) is 32.7 Å². The molecule has 0 aromatic rings. The molecular formula is C79H154NO8P. The highest BCUT2D eigenvalue weighted by atomic mass is 31.2. The number of hydrogen-bond acceptors (Lipinski definition) is 8. The third-order valence-corrected chi connectivity index (χ3v) is 19.3. The number of allylic oxidation sites excluding steroid dienone is 4. The van der Waals surface area contributed by atoms with Crippen molar-refractivity contribution in [2.45, 2.75) is 444 Å². The second-order valence-corrected chi connectivity index (χ2v) is 28.8. The van der Waals surface area contributed by atoms with E-state index in [1.54, 1.807) is 0 Å². The summed E-state index contributed by atoms with van der Waals surface area (Å²) in [6, 6.07) is 0. The van der Waals surface area contributed by atoms with E-state index < -0.39 is 26.5 Å². The second kappa shape index (κ2) is 75.5. The Labute approximate surface area is 554 Å². The molecule has 528 valence electrons. The van der Waals surface area contributed by atoms with Crippen LogP contribution in [0, 0.1) is 0 Å². The topological polar surface area (TPSA) is 134 Å². The van der Waals surface area contributed by atoms with Gasteiger partial charge in [0, 0.05) is 19.4 Å². The van der Waals surface area contributed by atoms with Crippen molar-refractivity contribution in [2.24, 2.45) is 5.73 Å². The molecule has 0 radical (unpaired) electrons. The van der Waals surface area contributed by atoms with Gasteiger partial charge in [0.2, 0.25) is 0 Å². The quantitative estimate of drug-likeness (QED) is 0.0264. The molecule has 0 heterocycles. The van der Waals surface area contributed by atoms with Crippen molar-refractivity contribution in [3.8, 4) is 0 Å². The monoisotopic (exact) mass is 1280 g/mol. The van der Waals surface area contributed by atoms with Gasteiger partial charge in [-0.15, -0.1) is 0 Å². The molecule has 0 spiro atoms. The number of phosphoric ester groups is 1. The second-order valence-electron chi connectivity index (χ2n) is 27.3. The molecule has 0 aromatic carbocycles. The van der Waals surface area contributed by atoms with Crippen LogP contribution in [-0.4, -0.2) is 49.3 Å². The summed E-state index contributed by atoms with van der Waals surface area (Å²) in [5.74, 6) is -0.797. The molecule has 0 aliphatic carbocycles. The number of carbonyl (C=O) groups excluding carboxylic acids is 2. The lowest BCUT2D eigenvalue weighted by molar-refractivity contribution is -0.161. The van der Waals surface area contributed by atoms with Crippen molar-refractivity contribution in [1.82, 2.24) is 0 Å². The highest BCUT2D eigenvalue weighted by molar-refractivity contribution is 7.47. The summed E-state index contributed by atoms with van der Waals surface area (Å²) < 4.78 is 33.3. The maximum atomic E-state index is 12.8. The summed E-state index contributed by atoms with van der Waals surface area (Å²) in [5.41, 5.74) is 5.41. The fourth-order valence-electron chi connectivity index (χ4n) is 12.4. The normalized spacial score (nSPS) is 12.9. The van der Waals surface area contributed by atoms with Crippen LogP contribution in [0.1, 0.15) is 438 Å². The molecular weight excluding hydrogens is 1120 g/mol. The molecule has 0 aliphatic heterocycles. The number of nitrogens with two attached hydrogens (primary N) is 1. The summed E-state index contributed by atoms with van der Waals surface area (Å²) in [7, 11) is -4.39. The fraction of sp³-hybridized carbons (Fsp3) is 0.924. The smallest absolute Gasteiger partial charge is 0.462 e. The minimum Gasteiger partial charge on any atom is -0.462 e. The number of rotatable bonds is 77. The first kappa shape index (κ1) is 87.5. The Kier molecular flexibility index (Phi) is 74.2. The van der Waals surface area contributed by atoms with Crippen LogP contribution in [0.3, 0.4) is 0 Å². The zero-order valence-electron chi connectivity index (χ0n) is 59.7. The molecule has 0 saturated carbocycles. The zero-order chi connectivity index (χ0) is 64.4. The molecule has 0 fully saturated rings. The highest BCUT2D eigenvalue weighted by Crippen LogP contribution is 2.43. The van der Waals surface area contributed by atoms with Gasteiger partial charge in [-0.05, 0) is 44.9 Å². The van der Waals surface area contributed by atoms with E-state index in [4.69, 9.17) is 24.3 Å². The van der Waals surface area contributed by atoms with Gasteiger partial charge in [-0.3, -0.25) is 18.6 Å². The van der Waals surface area contributed by atoms with Gasteiger partial charge < -0.3 is 20.1 Å². The third-order valence-electron chi connectivity index (χ3n) is 18.3. The highest BCUT2D eigenvalue weighted by Gasteiger charge is 2.26. The largest absolute Gasteiger partial charge is 0.472 e. The molecule has 0 amide bonds. The van der Waals surface area contributed by atoms with E-state index in [0.29, 0.717) is 6.42 Å².